The third-order valence-electron chi connectivity index (χ3n) is 3.92. The highest BCUT2D eigenvalue weighted by Gasteiger charge is 2.30. The summed E-state index contributed by atoms with van der Waals surface area (Å²) in [5.41, 5.74) is 8.75. The van der Waals surface area contributed by atoms with Crippen molar-refractivity contribution in [3.63, 3.8) is 0 Å². The number of anilines is 1. The molecule has 0 saturated heterocycles. The van der Waals surface area contributed by atoms with E-state index in [2.05, 4.69) is 12.0 Å². The van der Waals surface area contributed by atoms with Gasteiger partial charge in [-0.3, -0.25) is 4.68 Å². The van der Waals surface area contributed by atoms with Crippen molar-refractivity contribution in [1.82, 2.24) is 9.78 Å². The van der Waals surface area contributed by atoms with Crippen LogP contribution in [-0.4, -0.2) is 16.4 Å². The van der Waals surface area contributed by atoms with Gasteiger partial charge in [-0.2, -0.15) is 5.10 Å². The Morgan fingerprint density at radius 3 is 2.65 bits per heavy atom. The maximum absolute atomic E-state index is 6.11. The van der Waals surface area contributed by atoms with Gasteiger partial charge in [0.05, 0.1) is 18.3 Å². The molecule has 1 aromatic heterocycles. The Bertz CT molecular complexity index is 584. The summed E-state index contributed by atoms with van der Waals surface area (Å²) in [6, 6.07) is 8.38. The first-order chi connectivity index (χ1) is 9.69. The minimum Gasteiger partial charge on any atom is -0.494 e. The second-order valence-electron chi connectivity index (χ2n) is 5.45. The molecular weight excluding hydrogens is 250 g/mol. The zero-order valence-corrected chi connectivity index (χ0v) is 12.0. The van der Waals surface area contributed by atoms with Gasteiger partial charge in [0.15, 0.2) is 0 Å². The van der Waals surface area contributed by atoms with Gasteiger partial charge in [0.25, 0.3) is 0 Å². The fraction of sp³-hybridized carbons (Fsp3) is 0.438. The molecular formula is C16H21N3O. The van der Waals surface area contributed by atoms with Crippen LogP contribution in [0.4, 0.5) is 5.69 Å². The minimum atomic E-state index is 0.439. The van der Waals surface area contributed by atoms with E-state index < -0.39 is 0 Å². The molecule has 0 radical (unpaired) electrons. The zero-order chi connectivity index (χ0) is 14.1. The van der Waals surface area contributed by atoms with Crippen LogP contribution in [0.2, 0.25) is 0 Å². The van der Waals surface area contributed by atoms with Crippen molar-refractivity contribution in [3.05, 3.63) is 30.5 Å². The van der Waals surface area contributed by atoms with Crippen LogP contribution in [0.3, 0.4) is 0 Å². The number of nitrogens with two attached hydrogens (primary N) is 1. The smallest absolute Gasteiger partial charge is 0.119 e. The van der Waals surface area contributed by atoms with E-state index in [0.29, 0.717) is 12.6 Å². The molecule has 1 atom stereocenters. The first-order valence-electron chi connectivity index (χ1n) is 7.27. The number of aromatic nitrogens is 2. The third kappa shape index (κ3) is 2.50. The standard InChI is InChI=1S/C16H21N3O/c1-3-20-14-8-6-13(7-9-14)16-15(17)10-19(18-16)11(2)12-4-5-12/h6-12H,3-5,17H2,1-2H3. The first kappa shape index (κ1) is 13.0. The van der Waals surface area contributed by atoms with Crippen LogP contribution >= 0.6 is 0 Å². The summed E-state index contributed by atoms with van der Waals surface area (Å²) >= 11 is 0. The maximum atomic E-state index is 6.11. The fourth-order valence-electron chi connectivity index (χ4n) is 2.51. The van der Waals surface area contributed by atoms with E-state index in [-0.39, 0.29) is 0 Å². The average Bonchev–Trinajstić information content (AvgIpc) is 3.22. The lowest BCUT2D eigenvalue weighted by molar-refractivity contribution is 0.340. The summed E-state index contributed by atoms with van der Waals surface area (Å²) in [5.74, 6) is 1.64. The Labute approximate surface area is 119 Å². The number of nitrogens with zero attached hydrogens (tertiary/aromatic N) is 2. The van der Waals surface area contributed by atoms with Crippen LogP contribution in [0.15, 0.2) is 30.5 Å². The van der Waals surface area contributed by atoms with E-state index in [1.54, 1.807) is 0 Å². The molecule has 1 aliphatic rings. The highest BCUT2D eigenvalue weighted by Crippen LogP contribution is 2.40. The fourth-order valence-corrected chi connectivity index (χ4v) is 2.51. The SMILES string of the molecule is CCOc1ccc(-c2nn(C(C)C3CC3)cc2N)cc1. The average molecular weight is 271 g/mol. The number of rotatable bonds is 5. The van der Waals surface area contributed by atoms with Crippen molar-refractivity contribution in [3.8, 4) is 17.0 Å². The van der Waals surface area contributed by atoms with E-state index >= 15 is 0 Å². The molecule has 20 heavy (non-hydrogen) atoms. The first-order valence-corrected chi connectivity index (χ1v) is 7.27. The van der Waals surface area contributed by atoms with Crippen molar-refractivity contribution in [2.24, 2.45) is 5.92 Å². The quantitative estimate of drug-likeness (QED) is 0.905. The normalized spacial score (nSPS) is 16.1. The van der Waals surface area contributed by atoms with E-state index in [1.165, 1.54) is 12.8 Å². The Balaban J connectivity index is 1.85. The maximum Gasteiger partial charge on any atom is 0.119 e. The molecule has 2 aromatic rings. The topological polar surface area (TPSA) is 53.1 Å². The molecule has 1 aliphatic carbocycles. The van der Waals surface area contributed by atoms with Gasteiger partial charge in [0.2, 0.25) is 0 Å². The minimum absolute atomic E-state index is 0.439. The molecule has 0 bridgehead atoms. The third-order valence-corrected chi connectivity index (χ3v) is 3.92. The van der Waals surface area contributed by atoms with E-state index in [9.17, 15) is 0 Å². The number of hydrogen-bond donors (Lipinski definition) is 1. The highest BCUT2D eigenvalue weighted by molar-refractivity contribution is 5.72. The van der Waals surface area contributed by atoms with E-state index in [4.69, 9.17) is 10.5 Å². The predicted molar refractivity (Wildman–Crippen MR) is 80.7 cm³/mol. The molecule has 4 heteroatoms. The Morgan fingerprint density at radius 1 is 1.35 bits per heavy atom. The lowest BCUT2D eigenvalue weighted by Gasteiger charge is -2.09. The summed E-state index contributed by atoms with van der Waals surface area (Å²) in [6.07, 6.45) is 4.56. The summed E-state index contributed by atoms with van der Waals surface area (Å²) in [6.45, 7) is 4.87. The van der Waals surface area contributed by atoms with Gasteiger partial charge < -0.3 is 10.5 Å². The van der Waals surface area contributed by atoms with Crippen molar-refractivity contribution in [2.45, 2.75) is 32.7 Å². The Kier molecular flexibility index (Phi) is 3.38. The Morgan fingerprint density at radius 2 is 2.05 bits per heavy atom. The number of benzene rings is 1. The van der Waals surface area contributed by atoms with Crippen LogP contribution in [0.5, 0.6) is 5.75 Å². The van der Waals surface area contributed by atoms with Crippen LogP contribution < -0.4 is 10.5 Å². The van der Waals surface area contributed by atoms with Crippen LogP contribution in [0.25, 0.3) is 11.3 Å². The van der Waals surface area contributed by atoms with Gasteiger partial charge in [-0.25, -0.2) is 0 Å². The summed E-state index contributed by atoms with van der Waals surface area (Å²) in [5, 5.41) is 4.67. The second-order valence-corrected chi connectivity index (χ2v) is 5.45. The Hall–Kier alpha value is -1.97. The van der Waals surface area contributed by atoms with Crippen molar-refractivity contribution in [2.75, 3.05) is 12.3 Å². The summed E-state index contributed by atoms with van der Waals surface area (Å²) in [7, 11) is 0. The molecule has 106 valence electrons. The van der Waals surface area contributed by atoms with Gasteiger partial charge in [-0.15, -0.1) is 0 Å². The van der Waals surface area contributed by atoms with Gasteiger partial charge in [0.1, 0.15) is 11.4 Å². The van der Waals surface area contributed by atoms with Crippen LogP contribution in [0.1, 0.15) is 32.7 Å². The van der Waals surface area contributed by atoms with Gasteiger partial charge >= 0.3 is 0 Å². The number of ether oxygens (including phenoxy) is 1. The molecule has 1 aromatic carbocycles. The number of nitrogen functional groups attached to an aromatic ring is 1. The summed E-state index contributed by atoms with van der Waals surface area (Å²) in [4.78, 5) is 0. The lowest BCUT2D eigenvalue weighted by Crippen LogP contribution is -2.07. The van der Waals surface area contributed by atoms with Crippen LogP contribution in [-0.2, 0) is 0 Å². The molecule has 1 heterocycles. The highest BCUT2D eigenvalue weighted by atomic mass is 16.5. The molecule has 1 saturated carbocycles. The second kappa shape index (κ2) is 5.19. The largest absolute Gasteiger partial charge is 0.494 e. The summed E-state index contributed by atoms with van der Waals surface area (Å²) < 4.78 is 7.47. The van der Waals surface area contributed by atoms with Crippen molar-refractivity contribution < 1.29 is 4.74 Å². The molecule has 0 amide bonds. The van der Waals surface area contributed by atoms with Crippen molar-refractivity contribution in [1.29, 1.82) is 0 Å². The molecule has 3 rings (SSSR count). The monoisotopic (exact) mass is 271 g/mol. The van der Waals surface area contributed by atoms with Crippen LogP contribution in [0, 0.1) is 5.92 Å². The lowest BCUT2D eigenvalue weighted by atomic mass is 10.1. The van der Waals surface area contributed by atoms with E-state index in [0.717, 1.165) is 28.6 Å². The van der Waals surface area contributed by atoms with Gasteiger partial charge in [0, 0.05) is 11.8 Å². The number of hydrogen-bond acceptors (Lipinski definition) is 3. The molecule has 1 fully saturated rings. The molecule has 0 aliphatic heterocycles. The predicted octanol–water partition coefficient (Wildman–Crippen LogP) is 3.50. The van der Waals surface area contributed by atoms with Gasteiger partial charge in [-0.1, -0.05) is 0 Å². The molecule has 0 spiro atoms. The zero-order valence-electron chi connectivity index (χ0n) is 12.0. The van der Waals surface area contributed by atoms with Crippen molar-refractivity contribution >= 4 is 5.69 Å². The molecule has 1 unspecified atom stereocenters. The van der Waals surface area contributed by atoms with E-state index in [1.807, 2.05) is 42.1 Å². The van der Waals surface area contributed by atoms with Gasteiger partial charge in [-0.05, 0) is 56.9 Å². The molecule has 4 nitrogen and oxygen atoms in total. The molecule has 2 N–H and O–H groups in total.